The van der Waals surface area contributed by atoms with Crippen LogP contribution >= 0.6 is 11.3 Å². The van der Waals surface area contributed by atoms with Gasteiger partial charge in [-0.1, -0.05) is 19.9 Å². The third-order valence-corrected chi connectivity index (χ3v) is 6.45. The molecule has 0 unspecified atom stereocenters. The molecule has 0 saturated carbocycles. The zero-order valence-corrected chi connectivity index (χ0v) is 17.3. The Hall–Kier alpha value is -2.37. The second-order valence-corrected chi connectivity index (χ2v) is 8.15. The number of nitrogens with zero attached hydrogens (tertiary/aromatic N) is 1. The summed E-state index contributed by atoms with van der Waals surface area (Å²) in [6, 6.07) is 8.61. The van der Waals surface area contributed by atoms with E-state index in [0.29, 0.717) is 11.6 Å². The Morgan fingerprint density at radius 3 is 2.82 bits per heavy atom. The topological polar surface area (TPSA) is 48.1 Å². The van der Waals surface area contributed by atoms with E-state index in [4.69, 9.17) is 0 Å². The van der Waals surface area contributed by atoms with Crippen molar-refractivity contribution in [2.45, 2.75) is 39.2 Å². The van der Waals surface area contributed by atoms with Crippen molar-refractivity contribution < 1.29 is 4.79 Å². The van der Waals surface area contributed by atoms with Gasteiger partial charge in [-0.3, -0.25) is 9.69 Å². The summed E-state index contributed by atoms with van der Waals surface area (Å²) in [7, 11) is 0. The number of thiophene rings is 1. The summed E-state index contributed by atoms with van der Waals surface area (Å²) in [5.74, 6) is -0.0598. The molecule has 0 aliphatic carbocycles. The fraction of sp³-hybridized carbons (Fsp3) is 0.348. The van der Waals surface area contributed by atoms with E-state index in [1.54, 1.807) is 0 Å². The first-order chi connectivity index (χ1) is 13.7. The van der Waals surface area contributed by atoms with Gasteiger partial charge in [-0.05, 0) is 54.5 Å². The highest BCUT2D eigenvalue weighted by atomic mass is 32.1. The lowest BCUT2D eigenvalue weighted by molar-refractivity contribution is 0.102. The number of fused-ring (bicyclic) bond motifs is 1. The largest absolute Gasteiger partial charge is 0.361 e. The highest BCUT2D eigenvalue weighted by Crippen LogP contribution is 2.32. The van der Waals surface area contributed by atoms with Gasteiger partial charge in [0.25, 0.3) is 5.91 Å². The quantitative estimate of drug-likeness (QED) is 0.559. The molecule has 28 heavy (non-hydrogen) atoms. The number of H-pyrrole nitrogens is 1. The zero-order chi connectivity index (χ0) is 19.5. The van der Waals surface area contributed by atoms with Crippen molar-refractivity contribution in [3.8, 4) is 0 Å². The average Bonchev–Trinajstić information content (AvgIpc) is 3.39. The molecular weight excluding hydrogens is 366 g/mol. The molecule has 2 aromatic heterocycles. The predicted octanol–water partition coefficient (Wildman–Crippen LogP) is 5.76. The number of aromatic nitrogens is 1. The van der Waals surface area contributed by atoms with Crippen molar-refractivity contribution in [2.75, 3.05) is 18.4 Å². The predicted molar refractivity (Wildman–Crippen MR) is 119 cm³/mol. The zero-order valence-electron chi connectivity index (χ0n) is 16.5. The van der Waals surface area contributed by atoms with Crippen molar-refractivity contribution in [3.05, 3.63) is 58.4 Å². The maximum atomic E-state index is 12.4. The Bertz CT molecular complexity index is 983. The molecule has 4 nitrogen and oxygen atoms in total. The Kier molecular flexibility index (Phi) is 5.64. The molecule has 0 fully saturated rings. The van der Waals surface area contributed by atoms with Crippen LogP contribution in [0.15, 0.2) is 47.3 Å². The van der Waals surface area contributed by atoms with Crippen LogP contribution in [-0.2, 0) is 0 Å². The van der Waals surface area contributed by atoms with E-state index in [0.717, 1.165) is 30.7 Å². The molecule has 1 aromatic carbocycles. The van der Waals surface area contributed by atoms with Crippen LogP contribution in [0.5, 0.6) is 0 Å². The number of carbonyl (C=O) groups excluding carboxylic acids is 1. The molecule has 1 amide bonds. The molecule has 3 heterocycles. The van der Waals surface area contributed by atoms with Crippen LogP contribution in [0.25, 0.3) is 16.5 Å². The van der Waals surface area contributed by atoms with E-state index in [1.165, 1.54) is 40.7 Å². The minimum atomic E-state index is -0.0598. The number of nitrogens with one attached hydrogen (secondary N) is 2. The van der Waals surface area contributed by atoms with Gasteiger partial charge in [0, 0.05) is 52.9 Å². The lowest BCUT2D eigenvalue weighted by atomic mass is 9.97. The summed E-state index contributed by atoms with van der Waals surface area (Å²) in [6.07, 6.45) is 7.96. The first-order valence-electron chi connectivity index (χ1n) is 10.1. The first kappa shape index (κ1) is 19.0. The van der Waals surface area contributed by atoms with Gasteiger partial charge in [-0.25, -0.2) is 0 Å². The standard InChI is InChI=1S/C23H27N3OS/c1-3-19(4-2)26-10-7-16(8-11-26)21-14-24-22-6-5-18(13-20(21)22)25-23(27)17-9-12-28-15-17/h5-7,9,12-15,19,24H,3-4,8,10-11H2,1-2H3,(H,25,27). The average molecular weight is 394 g/mol. The molecule has 146 valence electrons. The molecule has 0 bridgehead atoms. The second-order valence-electron chi connectivity index (χ2n) is 7.37. The van der Waals surface area contributed by atoms with E-state index in [-0.39, 0.29) is 5.91 Å². The maximum absolute atomic E-state index is 12.4. The number of anilines is 1. The smallest absolute Gasteiger partial charge is 0.256 e. The van der Waals surface area contributed by atoms with Crippen LogP contribution < -0.4 is 5.32 Å². The summed E-state index contributed by atoms with van der Waals surface area (Å²) in [6.45, 7) is 6.68. The van der Waals surface area contributed by atoms with Crippen LogP contribution in [0.4, 0.5) is 5.69 Å². The molecule has 5 heteroatoms. The van der Waals surface area contributed by atoms with Gasteiger partial charge in [0.2, 0.25) is 0 Å². The number of aromatic amines is 1. The summed E-state index contributed by atoms with van der Waals surface area (Å²) in [4.78, 5) is 18.3. The fourth-order valence-electron chi connectivity index (χ4n) is 4.13. The summed E-state index contributed by atoms with van der Waals surface area (Å²) >= 11 is 1.53. The molecular formula is C23H27N3OS. The lowest BCUT2D eigenvalue weighted by Gasteiger charge is -2.33. The molecule has 1 aliphatic rings. The highest BCUT2D eigenvalue weighted by Gasteiger charge is 2.20. The van der Waals surface area contributed by atoms with Gasteiger partial charge in [0.1, 0.15) is 0 Å². The summed E-state index contributed by atoms with van der Waals surface area (Å²) in [5, 5.41) is 7.98. The third kappa shape index (κ3) is 3.77. The lowest BCUT2D eigenvalue weighted by Crippen LogP contribution is -2.37. The molecule has 0 saturated heterocycles. The Balaban J connectivity index is 1.56. The van der Waals surface area contributed by atoms with Crippen molar-refractivity contribution in [2.24, 2.45) is 0 Å². The van der Waals surface area contributed by atoms with E-state index >= 15 is 0 Å². The maximum Gasteiger partial charge on any atom is 0.256 e. The summed E-state index contributed by atoms with van der Waals surface area (Å²) < 4.78 is 0. The number of hydrogen-bond acceptors (Lipinski definition) is 3. The van der Waals surface area contributed by atoms with Crippen molar-refractivity contribution in [3.63, 3.8) is 0 Å². The second kappa shape index (κ2) is 8.33. The van der Waals surface area contributed by atoms with Crippen molar-refractivity contribution in [1.82, 2.24) is 9.88 Å². The monoisotopic (exact) mass is 393 g/mol. The number of hydrogen-bond donors (Lipinski definition) is 2. The third-order valence-electron chi connectivity index (χ3n) is 5.77. The number of carbonyl (C=O) groups is 1. The fourth-order valence-corrected chi connectivity index (χ4v) is 4.76. The molecule has 0 radical (unpaired) electrons. The van der Waals surface area contributed by atoms with Crippen LogP contribution in [-0.4, -0.2) is 34.9 Å². The Labute approximate surface area is 170 Å². The number of rotatable bonds is 6. The number of benzene rings is 1. The normalized spacial score (nSPS) is 15.2. The van der Waals surface area contributed by atoms with Gasteiger partial charge in [0.05, 0.1) is 5.56 Å². The molecule has 0 spiro atoms. The first-order valence-corrected chi connectivity index (χ1v) is 11.0. The van der Waals surface area contributed by atoms with Crippen LogP contribution in [0, 0.1) is 0 Å². The van der Waals surface area contributed by atoms with E-state index in [1.807, 2.05) is 29.0 Å². The molecule has 3 aromatic rings. The van der Waals surface area contributed by atoms with Gasteiger partial charge in [-0.15, -0.1) is 0 Å². The summed E-state index contributed by atoms with van der Waals surface area (Å²) in [5.41, 5.74) is 5.29. The Morgan fingerprint density at radius 2 is 2.14 bits per heavy atom. The highest BCUT2D eigenvalue weighted by molar-refractivity contribution is 7.08. The van der Waals surface area contributed by atoms with Gasteiger partial charge < -0.3 is 10.3 Å². The van der Waals surface area contributed by atoms with Gasteiger partial charge >= 0.3 is 0 Å². The molecule has 0 atom stereocenters. The van der Waals surface area contributed by atoms with Crippen LogP contribution in [0.3, 0.4) is 0 Å². The van der Waals surface area contributed by atoms with Crippen molar-refractivity contribution >= 4 is 39.4 Å². The Morgan fingerprint density at radius 1 is 1.29 bits per heavy atom. The SMILES string of the molecule is CCC(CC)N1CC=C(c2c[nH]c3ccc(NC(=O)c4ccsc4)cc23)CC1. The van der Waals surface area contributed by atoms with Crippen molar-refractivity contribution in [1.29, 1.82) is 0 Å². The minimum Gasteiger partial charge on any atom is -0.361 e. The molecule has 2 N–H and O–H groups in total. The molecule has 4 rings (SSSR count). The van der Waals surface area contributed by atoms with E-state index in [2.05, 4.69) is 47.4 Å². The van der Waals surface area contributed by atoms with E-state index in [9.17, 15) is 4.79 Å². The van der Waals surface area contributed by atoms with Crippen LogP contribution in [0.1, 0.15) is 49.0 Å². The molecule has 1 aliphatic heterocycles. The minimum absolute atomic E-state index is 0.0598. The van der Waals surface area contributed by atoms with Crippen LogP contribution in [0.2, 0.25) is 0 Å². The number of amides is 1. The van der Waals surface area contributed by atoms with Gasteiger partial charge in [0.15, 0.2) is 0 Å². The van der Waals surface area contributed by atoms with E-state index < -0.39 is 0 Å². The van der Waals surface area contributed by atoms with Gasteiger partial charge in [-0.2, -0.15) is 11.3 Å².